The number of hydrogen-bond acceptors (Lipinski definition) is 4. The van der Waals surface area contributed by atoms with E-state index < -0.39 is 5.54 Å². The lowest BCUT2D eigenvalue weighted by molar-refractivity contribution is -0.147. The molecule has 0 heterocycles. The van der Waals surface area contributed by atoms with Crippen LogP contribution >= 0.6 is 11.8 Å². The summed E-state index contributed by atoms with van der Waals surface area (Å²) in [6, 6.07) is 6.42. The molecular weight excluding hydrogens is 253 g/mol. The van der Waals surface area contributed by atoms with Gasteiger partial charge >= 0.3 is 5.97 Å². The summed E-state index contributed by atoms with van der Waals surface area (Å²) >= 11 is 1.52. The Morgan fingerprint density at radius 1 is 1.56 bits per heavy atom. The van der Waals surface area contributed by atoms with Crippen LogP contribution in [-0.4, -0.2) is 31.4 Å². The van der Waals surface area contributed by atoms with E-state index in [-0.39, 0.29) is 11.8 Å². The highest BCUT2D eigenvalue weighted by molar-refractivity contribution is 7.99. The number of nitrogens with one attached hydrogen (secondary N) is 1. The monoisotopic (exact) mass is 271 g/mol. The number of ether oxygens (including phenoxy) is 1. The number of rotatable bonds is 6. The van der Waals surface area contributed by atoms with Crippen molar-refractivity contribution in [2.75, 3.05) is 19.9 Å². The number of methoxy groups -OCH3 is 1. The molecule has 1 rings (SSSR count). The number of thioether (sulfide) groups is 1. The summed E-state index contributed by atoms with van der Waals surface area (Å²) in [5.41, 5.74) is -0.699. The molecule has 0 saturated carbocycles. The van der Waals surface area contributed by atoms with Gasteiger partial charge in [0.2, 0.25) is 0 Å². The van der Waals surface area contributed by atoms with E-state index in [0.717, 1.165) is 4.90 Å². The number of esters is 1. The van der Waals surface area contributed by atoms with E-state index in [1.54, 1.807) is 20.0 Å². The molecule has 3 nitrogen and oxygen atoms in total. The molecule has 0 amide bonds. The zero-order valence-corrected chi connectivity index (χ0v) is 11.6. The fourth-order valence-corrected chi connectivity index (χ4v) is 2.60. The smallest absolute Gasteiger partial charge is 0.325 e. The molecule has 0 aromatic heterocycles. The van der Waals surface area contributed by atoms with Gasteiger partial charge in [0.1, 0.15) is 11.4 Å². The third kappa shape index (κ3) is 3.99. The zero-order valence-electron chi connectivity index (χ0n) is 10.8. The molecule has 1 unspecified atom stereocenters. The minimum atomic E-state index is -0.699. The first-order chi connectivity index (χ1) is 8.51. The van der Waals surface area contributed by atoms with Crippen molar-refractivity contribution in [2.45, 2.75) is 23.8 Å². The molecule has 1 atom stereocenters. The van der Waals surface area contributed by atoms with Gasteiger partial charge in [-0.1, -0.05) is 6.07 Å². The van der Waals surface area contributed by atoms with Crippen molar-refractivity contribution in [1.82, 2.24) is 5.32 Å². The Hall–Kier alpha value is -1.07. The van der Waals surface area contributed by atoms with Crippen LogP contribution in [0.5, 0.6) is 0 Å². The highest BCUT2D eigenvalue weighted by atomic mass is 32.2. The van der Waals surface area contributed by atoms with Crippen molar-refractivity contribution in [3.05, 3.63) is 30.1 Å². The molecule has 5 heteroatoms. The summed E-state index contributed by atoms with van der Waals surface area (Å²) < 4.78 is 17.7. The molecule has 0 aliphatic rings. The van der Waals surface area contributed by atoms with Crippen LogP contribution in [0.3, 0.4) is 0 Å². The van der Waals surface area contributed by atoms with Crippen LogP contribution in [0.25, 0.3) is 0 Å². The largest absolute Gasteiger partial charge is 0.468 e. The SMILES string of the molecule is CNC(C)(CCSc1cccc(F)c1)C(=O)OC. The van der Waals surface area contributed by atoms with Crippen LogP contribution in [0.4, 0.5) is 4.39 Å². The zero-order chi connectivity index (χ0) is 13.6. The molecule has 0 radical (unpaired) electrons. The van der Waals surface area contributed by atoms with Crippen molar-refractivity contribution >= 4 is 17.7 Å². The number of carbonyl (C=O) groups excluding carboxylic acids is 1. The van der Waals surface area contributed by atoms with E-state index in [1.165, 1.54) is 31.0 Å². The number of benzene rings is 1. The Bertz CT molecular complexity index is 414. The summed E-state index contributed by atoms with van der Waals surface area (Å²) in [6.07, 6.45) is 0.608. The molecule has 0 spiro atoms. The molecule has 0 bridgehead atoms. The van der Waals surface area contributed by atoms with E-state index in [9.17, 15) is 9.18 Å². The van der Waals surface area contributed by atoms with Crippen molar-refractivity contribution < 1.29 is 13.9 Å². The molecule has 100 valence electrons. The second kappa shape index (κ2) is 6.75. The van der Waals surface area contributed by atoms with Crippen LogP contribution in [0.1, 0.15) is 13.3 Å². The third-order valence-electron chi connectivity index (χ3n) is 2.85. The fourth-order valence-electron chi connectivity index (χ4n) is 1.48. The summed E-state index contributed by atoms with van der Waals surface area (Å²) in [5, 5.41) is 2.96. The van der Waals surface area contributed by atoms with E-state index in [4.69, 9.17) is 4.74 Å². The van der Waals surface area contributed by atoms with Gasteiger partial charge in [0.05, 0.1) is 7.11 Å². The van der Waals surface area contributed by atoms with Gasteiger partial charge < -0.3 is 10.1 Å². The molecule has 0 saturated heterocycles. The first-order valence-electron chi connectivity index (χ1n) is 5.67. The average molecular weight is 271 g/mol. The number of halogens is 1. The van der Waals surface area contributed by atoms with Crippen molar-refractivity contribution in [3.8, 4) is 0 Å². The van der Waals surface area contributed by atoms with Gasteiger partial charge in [0.25, 0.3) is 0 Å². The molecule has 0 fully saturated rings. The van der Waals surface area contributed by atoms with Gasteiger partial charge in [-0.15, -0.1) is 11.8 Å². The second-order valence-electron chi connectivity index (χ2n) is 4.13. The highest BCUT2D eigenvalue weighted by Crippen LogP contribution is 2.23. The summed E-state index contributed by atoms with van der Waals surface area (Å²) in [6.45, 7) is 1.80. The lowest BCUT2D eigenvalue weighted by atomic mass is 10.00. The molecule has 18 heavy (non-hydrogen) atoms. The Morgan fingerprint density at radius 2 is 2.28 bits per heavy atom. The molecular formula is C13H18FNO2S. The van der Waals surface area contributed by atoms with E-state index in [1.807, 2.05) is 6.07 Å². The first-order valence-corrected chi connectivity index (χ1v) is 6.66. The third-order valence-corrected chi connectivity index (χ3v) is 3.85. The van der Waals surface area contributed by atoms with Gasteiger partial charge in [0, 0.05) is 10.6 Å². The van der Waals surface area contributed by atoms with Gasteiger partial charge in [-0.2, -0.15) is 0 Å². The van der Waals surface area contributed by atoms with Crippen molar-refractivity contribution in [1.29, 1.82) is 0 Å². The Morgan fingerprint density at radius 3 is 2.83 bits per heavy atom. The normalized spacial score (nSPS) is 14.0. The van der Waals surface area contributed by atoms with Crippen LogP contribution in [0.2, 0.25) is 0 Å². The maximum Gasteiger partial charge on any atom is 0.325 e. The summed E-state index contributed by atoms with van der Waals surface area (Å²) in [7, 11) is 3.10. The quantitative estimate of drug-likeness (QED) is 0.637. The maximum atomic E-state index is 13.0. The molecule has 1 N–H and O–H groups in total. The predicted molar refractivity (Wildman–Crippen MR) is 71.2 cm³/mol. The van der Waals surface area contributed by atoms with Crippen LogP contribution < -0.4 is 5.32 Å². The second-order valence-corrected chi connectivity index (χ2v) is 5.30. The topological polar surface area (TPSA) is 38.3 Å². The molecule has 0 aliphatic heterocycles. The van der Waals surface area contributed by atoms with Gasteiger partial charge in [0.15, 0.2) is 0 Å². The van der Waals surface area contributed by atoms with Gasteiger partial charge in [-0.05, 0) is 38.6 Å². The lowest BCUT2D eigenvalue weighted by Crippen LogP contribution is -2.48. The predicted octanol–water partition coefficient (Wildman–Crippen LogP) is 2.46. The minimum absolute atomic E-state index is 0.246. The van der Waals surface area contributed by atoms with Gasteiger partial charge in [-0.3, -0.25) is 4.79 Å². The average Bonchev–Trinajstić information content (AvgIpc) is 2.37. The van der Waals surface area contributed by atoms with E-state index in [2.05, 4.69) is 5.32 Å². The Labute approximate surface area is 111 Å². The van der Waals surface area contributed by atoms with Crippen LogP contribution in [0, 0.1) is 5.82 Å². The number of hydrogen-bond donors (Lipinski definition) is 1. The minimum Gasteiger partial charge on any atom is -0.468 e. The first kappa shape index (κ1) is 15.0. The Kier molecular flexibility index (Phi) is 5.62. The Balaban J connectivity index is 2.52. The van der Waals surface area contributed by atoms with Crippen LogP contribution in [-0.2, 0) is 9.53 Å². The summed E-state index contributed by atoms with van der Waals surface area (Å²) in [5.74, 6) is 0.171. The maximum absolute atomic E-state index is 13.0. The number of carbonyl (C=O) groups is 1. The van der Waals surface area contributed by atoms with Gasteiger partial charge in [-0.25, -0.2) is 4.39 Å². The molecule has 1 aromatic carbocycles. The molecule has 1 aromatic rings. The molecule has 0 aliphatic carbocycles. The van der Waals surface area contributed by atoms with E-state index >= 15 is 0 Å². The lowest BCUT2D eigenvalue weighted by Gasteiger charge is -2.25. The number of likely N-dealkylation sites (N-methyl/N-ethyl adjacent to an activating group) is 1. The highest BCUT2D eigenvalue weighted by Gasteiger charge is 2.31. The van der Waals surface area contributed by atoms with Crippen LogP contribution in [0.15, 0.2) is 29.2 Å². The van der Waals surface area contributed by atoms with E-state index in [0.29, 0.717) is 12.2 Å². The summed E-state index contributed by atoms with van der Waals surface area (Å²) in [4.78, 5) is 12.5. The fraction of sp³-hybridized carbons (Fsp3) is 0.462. The van der Waals surface area contributed by atoms with Crippen molar-refractivity contribution in [3.63, 3.8) is 0 Å². The standard InChI is InChI=1S/C13H18FNO2S/c1-13(15-2,12(16)17-3)7-8-18-11-6-4-5-10(14)9-11/h4-6,9,15H,7-8H2,1-3H3. The van der Waals surface area contributed by atoms with Crippen molar-refractivity contribution in [2.24, 2.45) is 0 Å².